The molecule has 0 radical (unpaired) electrons. The van der Waals surface area contributed by atoms with Gasteiger partial charge in [0.25, 0.3) is 0 Å². The van der Waals surface area contributed by atoms with Crippen LogP contribution in [0.4, 0.5) is 32.0 Å². The number of halogens is 6. The molecule has 1 N–H and O–H groups in total. The normalized spacial score (nSPS) is 12.3. The average molecular weight is 365 g/mol. The van der Waals surface area contributed by atoms with Crippen LogP contribution in [0, 0.1) is 0 Å². The highest BCUT2D eigenvalue weighted by atomic mass is 19.4. The van der Waals surface area contributed by atoms with Crippen LogP contribution in [0.5, 0.6) is 0 Å². The number of likely N-dealkylation sites (N-methyl/N-ethyl adjacent to an activating group) is 1. The minimum Gasteiger partial charge on any atom is -0.376 e. The molecule has 0 spiro atoms. The molecule has 0 fully saturated rings. The molecule has 1 aromatic carbocycles. The van der Waals surface area contributed by atoms with E-state index in [-0.39, 0.29) is 5.52 Å². The Kier molecular flexibility index (Phi) is 5.09. The summed E-state index contributed by atoms with van der Waals surface area (Å²) < 4.78 is 74.9. The first kappa shape index (κ1) is 18.8. The number of aromatic nitrogens is 1. The number of fused-ring (bicyclic) bond motifs is 1. The Hall–Kier alpha value is -2.52. The molecule has 1 heterocycles. The van der Waals surface area contributed by atoms with Crippen molar-refractivity contribution in [1.29, 1.82) is 0 Å². The molecule has 2 rings (SSSR count). The zero-order valence-electron chi connectivity index (χ0n) is 12.9. The van der Waals surface area contributed by atoms with Gasteiger partial charge in [0.15, 0.2) is 0 Å². The van der Waals surface area contributed by atoms with Gasteiger partial charge in [-0.05, 0) is 18.2 Å². The molecule has 4 nitrogen and oxygen atoms in total. The maximum absolute atomic E-state index is 12.7. The van der Waals surface area contributed by atoms with Crippen LogP contribution in [-0.2, 0) is 11.0 Å². The number of hydrogen-bond acceptors (Lipinski definition) is 3. The van der Waals surface area contributed by atoms with E-state index in [0.717, 1.165) is 19.2 Å². The van der Waals surface area contributed by atoms with Gasteiger partial charge in [-0.1, -0.05) is 6.07 Å². The summed E-state index contributed by atoms with van der Waals surface area (Å²) in [5, 5.41) is 2.95. The average Bonchev–Trinajstić information content (AvgIpc) is 2.49. The van der Waals surface area contributed by atoms with E-state index >= 15 is 0 Å². The highest BCUT2D eigenvalue weighted by Crippen LogP contribution is 2.32. The lowest BCUT2D eigenvalue weighted by atomic mass is 10.1. The van der Waals surface area contributed by atoms with Gasteiger partial charge in [0.2, 0.25) is 5.91 Å². The fourth-order valence-electron chi connectivity index (χ4n) is 2.14. The van der Waals surface area contributed by atoms with E-state index < -0.39 is 36.9 Å². The SMILES string of the molecule is CN(CC(F)(F)F)C(=O)CNc1ccnc2cc(C(F)(F)F)ccc12. The zero-order chi connectivity index (χ0) is 18.8. The second-order valence-corrected chi connectivity index (χ2v) is 5.31. The summed E-state index contributed by atoms with van der Waals surface area (Å²) in [5.74, 6) is -0.811. The van der Waals surface area contributed by atoms with Crippen LogP contribution in [0.3, 0.4) is 0 Å². The predicted octanol–water partition coefficient (Wildman–Crippen LogP) is 3.69. The lowest BCUT2D eigenvalue weighted by molar-refractivity contribution is -0.157. The summed E-state index contributed by atoms with van der Waals surface area (Å²) in [5.41, 5.74) is -0.519. The van der Waals surface area contributed by atoms with E-state index in [2.05, 4.69) is 10.3 Å². The van der Waals surface area contributed by atoms with Gasteiger partial charge in [0.1, 0.15) is 6.54 Å². The maximum atomic E-state index is 12.7. The summed E-state index contributed by atoms with van der Waals surface area (Å²) in [6.07, 6.45) is -7.79. The molecular formula is C15H13F6N3O. The Balaban J connectivity index is 2.15. The van der Waals surface area contributed by atoms with Crippen LogP contribution in [0.2, 0.25) is 0 Å². The molecule has 0 saturated carbocycles. The first-order valence-corrected chi connectivity index (χ1v) is 6.98. The highest BCUT2D eigenvalue weighted by Gasteiger charge is 2.31. The molecule has 0 saturated heterocycles. The summed E-state index contributed by atoms with van der Waals surface area (Å²) in [4.78, 5) is 16.1. The van der Waals surface area contributed by atoms with Crippen molar-refractivity contribution in [2.75, 3.05) is 25.5 Å². The second-order valence-electron chi connectivity index (χ2n) is 5.31. The van der Waals surface area contributed by atoms with E-state index in [1.165, 1.54) is 18.3 Å². The topological polar surface area (TPSA) is 45.2 Å². The van der Waals surface area contributed by atoms with Crippen molar-refractivity contribution in [3.63, 3.8) is 0 Å². The molecule has 0 atom stereocenters. The van der Waals surface area contributed by atoms with Gasteiger partial charge >= 0.3 is 12.4 Å². The quantitative estimate of drug-likeness (QED) is 0.841. The van der Waals surface area contributed by atoms with Crippen LogP contribution in [0.25, 0.3) is 10.9 Å². The fraction of sp³-hybridized carbons (Fsp3) is 0.333. The number of nitrogens with zero attached hydrogens (tertiary/aromatic N) is 2. The van der Waals surface area contributed by atoms with Crippen molar-refractivity contribution in [3.05, 3.63) is 36.0 Å². The van der Waals surface area contributed by atoms with Crippen molar-refractivity contribution in [2.45, 2.75) is 12.4 Å². The van der Waals surface area contributed by atoms with Crippen molar-refractivity contribution < 1.29 is 31.1 Å². The van der Waals surface area contributed by atoms with Crippen LogP contribution in [-0.4, -0.2) is 42.1 Å². The molecule has 0 aliphatic rings. The Morgan fingerprint density at radius 2 is 1.84 bits per heavy atom. The van der Waals surface area contributed by atoms with Gasteiger partial charge in [-0.3, -0.25) is 9.78 Å². The lowest BCUT2D eigenvalue weighted by Crippen LogP contribution is -2.38. The van der Waals surface area contributed by atoms with Crippen molar-refractivity contribution in [2.24, 2.45) is 0 Å². The largest absolute Gasteiger partial charge is 0.416 e. The van der Waals surface area contributed by atoms with Crippen LogP contribution >= 0.6 is 0 Å². The monoisotopic (exact) mass is 365 g/mol. The Bertz CT molecular complexity index is 772. The molecule has 2 aromatic rings. The first-order valence-electron chi connectivity index (χ1n) is 6.98. The van der Waals surface area contributed by atoms with Gasteiger partial charge in [-0.25, -0.2) is 0 Å². The van der Waals surface area contributed by atoms with Gasteiger partial charge < -0.3 is 10.2 Å². The summed E-state index contributed by atoms with van der Waals surface area (Å²) in [6, 6.07) is 4.34. The first-order chi connectivity index (χ1) is 11.5. The summed E-state index contributed by atoms with van der Waals surface area (Å²) in [6.45, 7) is -1.83. The third-order valence-corrected chi connectivity index (χ3v) is 3.34. The number of nitrogens with one attached hydrogen (secondary N) is 1. The van der Waals surface area contributed by atoms with Crippen molar-refractivity contribution in [1.82, 2.24) is 9.88 Å². The summed E-state index contributed by atoms with van der Waals surface area (Å²) in [7, 11) is 1.01. The molecule has 0 unspecified atom stereocenters. The smallest absolute Gasteiger partial charge is 0.376 e. The van der Waals surface area contributed by atoms with E-state index in [4.69, 9.17) is 0 Å². The van der Waals surface area contributed by atoms with E-state index in [0.29, 0.717) is 16.0 Å². The number of rotatable bonds is 4. The van der Waals surface area contributed by atoms with Crippen LogP contribution in [0.15, 0.2) is 30.5 Å². The number of anilines is 1. The fourth-order valence-corrected chi connectivity index (χ4v) is 2.14. The molecule has 10 heteroatoms. The second kappa shape index (κ2) is 6.77. The molecular weight excluding hydrogens is 352 g/mol. The number of pyridine rings is 1. The number of amides is 1. The van der Waals surface area contributed by atoms with Gasteiger partial charge in [0.05, 0.1) is 17.6 Å². The van der Waals surface area contributed by atoms with E-state index in [1.54, 1.807) is 0 Å². The third-order valence-electron chi connectivity index (χ3n) is 3.34. The Morgan fingerprint density at radius 3 is 2.44 bits per heavy atom. The van der Waals surface area contributed by atoms with Crippen LogP contribution < -0.4 is 5.32 Å². The summed E-state index contributed by atoms with van der Waals surface area (Å²) >= 11 is 0. The molecule has 0 bridgehead atoms. The molecule has 0 aliphatic heterocycles. The van der Waals surface area contributed by atoms with Crippen LogP contribution in [0.1, 0.15) is 5.56 Å². The molecule has 0 aliphatic carbocycles. The number of hydrogen-bond donors (Lipinski definition) is 1. The molecule has 25 heavy (non-hydrogen) atoms. The van der Waals surface area contributed by atoms with Gasteiger partial charge in [0, 0.05) is 24.3 Å². The lowest BCUT2D eigenvalue weighted by Gasteiger charge is -2.19. The minimum absolute atomic E-state index is 0.0518. The maximum Gasteiger partial charge on any atom is 0.416 e. The van der Waals surface area contributed by atoms with Crippen molar-refractivity contribution >= 4 is 22.5 Å². The number of carbonyl (C=O) groups excluding carboxylic acids is 1. The third kappa shape index (κ3) is 4.97. The molecule has 136 valence electrons. The number of benzene rings is 1. The van der Waals surface area contributed by atoms with E-state index in [1.807, 2.05) is 0 Å². The molecule has 1 aromatic heterocycles. The zero-order valence-corrected chi connectivity index (χ0v) is 12.9. The highest BCUT2D eigenvalue weighted by molar-refractivity contribution is 5.93. The Labute approximate surface area is 138 Å². The van der Waals surface area contributed by atoms with E-state index in [9.17, 15) is 31.1 Å². The molecule has 1 amide bonds. The standard InChI is InChI=1S/C15H13F6N3O/c1-24(8-14(16,17)18)13(25)7-23-11-4-5-22-12-6-9(15(19,20)21)2-3-10(11)12/h2-6H,7-8H2,1H3,(H,22,23). The number of carbonyl (C=O) groups is 1. The minimum atomic E-state index is -4.52. The predicted molar refractivity (Wildman–Crippen MR) is 78.9 cm³/mol. The van der Waals surface area contributed by atoms with Crippen molar-refractivity contribution in [3.8, 4) is 0 Å². The van der Waals surface area contributed by atoms with Gasteiger partial charge in [-0.15, -0.1) is 0 Å². The Morgan fingerprint density at radius 1 is 1.16 bits per heavy atom. The van der Waals surface area contributed by atoms with Gasteiger partial charge in [-0.2, -0.15) is 26.3 Å². The number of alkyl halides is 6.